The molecule has 24 aromatic rings. The van der Waals surface area contributed by atoms with E-state index in [0.717, 1.165) is 68.2 Å². The van der Waals surface area contributed by atoms with Crippen molar-refractivity contribution in [1.29, 1.82) is 0 Å². The molecule has 0 radical (unpaired) electrons. The quantitative estimate of drug-likeness (QED) is 0.101. The maximum atomic E-state index is 2.43. The van der Waals surface area contributed by atoms with Gasteiger partial charge in [-0.3, -0.25) is 0 Å². The van der Waals surface area contributed by atoms with E-state index in [9.17, 15) is 0 Å². The first-order chi connectivity index (χ1) is 60.0. The van der Waals surface area contributed by atoms with Gasteiger partial charge in [0, 0.05) is 169 Å². The fourth-order valence-electron chi connectivity index (χ4n) is 17.8. The Labute approximate surface area is 720 Å². The lowest BCUT2D eigenvalue weighted by Crippen LogP contribution is -2.09. The number of thiophene rings is 5. The van der Waals surface area contributed by atoms with Crippen LogP contribution in [0.2, 0.25) is 0 Å². The fourth-order valence-corrected chi connectivity index (χ4v) is 23.6. The first-order valence-corrected chi connectivity index (χ1v) is 44.9. The SMILES string of the molecule is c1ccc(N(c2ccccc2)c2ccc3sc4cc(N(c5ccc(-c6cccc7c6sc6ccccc67)cc5)c5ccc6sc7ccccc7c6c5)ccc4c3c2)cc1.c1ccc(N(c2ccccc2)c2ccc3sc4cc(N(c5ccc(-c6cccc7ccccc67)cc5)c5ccc(-c6cccc7c6sc6ccccc67)cc5)ccc4c3c2)cc1. The van der Waals surface area contributed by atoms with Crippen LogP contribution in [0.15, 0.2) is 437 Å². The molecule has 0 atom stereocenters. The van der Waals surface area contributed by atoms with Crippen molar-refractivity contribution in [2.45, 2.75) is 0 Å². The van der Waals surface area contributed by atoms with E-state index >= 15 is 0 Å². The smallest absolute Gasteiger partial charge is 0.0476 e. The molecule has 0 spiro atoms. The van der Waals surface area contributed by atoms with Crippen LogP contribution in [-0.4, -0.2) is 0 Å². The highest BCUT2D eigenvalue weighted by Crippen LogP contribution is 2.50. The molecule has 5 heterocycles. The zero-order valence-corrected chi connectivity index (χ0v) is 69.5. The molecule has 0 aliphatic carbocycles. The van der Waals surface area contributed by atoms with Gasteiger partial charge in [-0.2, -0.15) is 0 Å². The summed E-state index contributed by atoms with van der Waals surface area (Å²) >= 11 is 9.34. The lowest BCUT2D eigenvalue weighted by molar-refractivity contribution is 1.29. The lowest BCUT2D eigenvalue weighted by Gasteiger charge is -2.26. The number of anilines is 12. The summed E-state index contributed by atoms with van der Waals surface area (Å²) in [7, 11) is 0. The summed E-state index contributed by atoms with van der Waals surface area (Å²) in [4.78, 5) is 9.51. The molecule has 570 valence electrons. The maximum Gasteiger partial charge on any atom is 0.0476 e. The molecule has 5 aromatic heterocycles. The van der Waals surface area contributed by atoms with Gasteiger partial charge < -0.3 is 19.6 Å². The van der Waals surface area contributed by atoms with Crippen LogP contribution >= 0.6 is 56.7 Å². The molecule has 0 bridgehead atoms. The molecule has 0 saturated heterocycles. The van der Waals surface area contributed by atoms with Crippen LogP contribution < -0.4 is 19.6 Å². The summed E-state index contributed by atoms with van der Waals surface area (Å²) in [5.41, 5.74) is 21.0. The van der Waals surface area contributed by atoms with Crippen molar-refractivity contribution in [3.63, 3.8) is 0 Å². The first kappa shape index (κ1) is 72.0. The van der Waals surface area contributed by atoms with Crippen LogP contribution in [0.3, 0.4) is 0 Å². The van der Waals surface area contributed by atoms with Gasteiger partial charge in [0.05, 0.1) is 0 Å². The summed E-state index contributed by atoms with van der Waals surface area (Å²) in [5.74, 6) is 0. The minimum Gasteiger partial charge on any atom is -0.310 e. The molecule has 0 saturated carbocycles. The van der Waals surface area contributed by atoms with Crippen LogP contribution in [0.5, 0.6) is 0 Å². The van der Waals surface area contributed by atoms with E-state index < -0.39 is 0 Å². The second-order valence-corrected chi connectivity index (χ2v) is 36.0. The summed E-state index contributed by atoms with van der Waals surface area (Å²) in [6.07, 6.45) is 0. The Morgan fingerprint density at radius 1 is 0.132 bits per heavy atom. The van der Waals surface area contributed by atoms with Crippen molar-refractivity contribution in [2.75, 3.05) is 19.6 Å². The Morgan fingerprint density at radius 2 is 0.380 bits per heavy atom. The van der Waals surface area contributed by atoms with E-state index in [1.54, 1.807) is 0 Å². The van der Waals surface area contributed by atoms with E-state index in [1.165, 1.54) is 145 Å². The standard InChI is InChI=1S/C58H38N2S2.C54H34N2S3/c1-3-15-42(16-4-1)59(43-17-5-2-6-18-43)46-34-36-56-54(37-46)52-35-33-47(38-57(52)61-56)60(44-29-25-40(26-30-44)49-21-11-14-39-13-7-8-19-48(39)49)45-31-27-41(28-32-45)50-22-12-23-53-51-20-9-10-24-55(51)62-58(50)53;1-3-12-36(13-4-1)55(37-14-5-2-6-15-37)39-27-31-52-48(32-39)45-29-26-41(34-53(45)58-52)56(40-28-30-51-47(33-40)44-17-8-9-20-49(44)57-51)38-24-22-35(23-25-38)42-18-11-19-46-43-16-7-10-21-50(43)59-54(42)46/h1-38H;1-34H. The van der Waals surface area contributed by atoms with Gasteiger partial charge in [-0.25, -0.2) is 0 Å². The van der Waals surface area contributed by atoms with E-state index in [0.29, 0.717) is 0 Å². The number of fused-ring (bicyclic) bond motifs is 16. The molecule has 0 aliphatic rings. The molecule has 0 unspecified atom stereocenters. The number of hydrogen-bond donors (Lipinski definition) is 0. The highest BCUT2D eigenvalue weighted by atomic mass is 32.1. The van der Waals surface area contributed by atoms with Gasteiger partial charge in [-0.15, -0.1) is 56.7 Å². The Hall–Kier alpha value is -14.3. The van der Waals surface area contributed by atoms with Crippen molar-refractivity contribution in [3.05, 3.63) is 437 Å². The molecule has 4 nitrogen and oxygen atoms in total. The largest absolute Gasteiger partial charge is 0.310 e. The minimum absolute atomic E-state index is 1.11. The van der Waals surface area contributed by atoms with E-state index in [4.69, 9.17) is 0 Å². The molecule has 9 heteroatoms. The Kier molecular flexibility index (Phi) is 18.2. The molecule has 0 fully saturated rings. The van der Waals surface area contributed by atoms with Gasteiger partial charge in [0.15, 0.2) is 0 Å². The van der Waals surface area contributed by atoms with Gasteiger partial charge >= 0.3 is 0 Å². The van der Waals surface area contributed by atoms with Crippen molar-refractivity contribution < 1.29 is 0 Å². The van der Waals surface area contributed by atoms with Gasteiger partial charge in [0.2, 0.25) is 0 Å². The Balaban J connectivity index is 0.000000141. The minimum atomic E-state index is 1.11. The predicted molar refractivity (Wildman–Crippen MR) is 530 cm³/mol. The second-order valence-electron chi connectivity index (χ2n) is 30.6. The van der Waals surface area contributed by atoms with Crippen molar-refractivity contribution in [3.8, 4) is 33.4 Å². The lowest BCUT2D eigenvalue weighted by atomic mass is 9.98. The van der Waals surface area contributed by atoms with Crippen LogP contribution in [0, 0.1) is 0 Å². The van der Waals surface area contributed by atoms with Crippen LogP contribution in [0.4, 0.5) is 68.2 Å². The Bertz CT molecular complexity index is 7950. The fraction of sp³-hybridized carbons (Fsp3) is 0. The summed E-state index contributed by atoms with van der Waals surface area (Å²) in [6, 6.07) is 160. The molecule has 0 aliphatic heterocycles. The number of para-hydroxylation sites is 4. The van der Waals surface area contributed by atoms with Gasteiger partial charge in [-0.05, 0) is 226 Å². The van der Waals surface area contributed by atoms with Gasteiger partial charge in [0.1, 0.15) is 0 Å². The highest BCUT2D eigenvalue weighted by molar-refractivity contribution is 7.27. The number of rotatable bonds is 15. The van der Waals surface area contributed by atoms with E-state index in [2.05, 4.69) is 456 Å². The summed E-state index contributed by atoms with van der Waals surface area (Å²) in [5, 5.41) is 15.4. The van der Waals surface area contributed by atoms with E-state index in [1.807, 2.05) is 56.7 Å². The third-order valence-corrected chi connectivity index (χ3v) is 29.4. The highest BCUT2D eigenvalue weighted by Gasteiger charge is 2.24. The molecule has 0 amide bonds. The first-order valence-electron chi connectivity index (χ1n) is 40.8. The van der Waals surface area contributed by atoms with Crippen molar-refractivity contribution >= 4 is 237 Å². The normalized spacial score (nSPS) is 11.6. The third-order valence-electron chi connectivity index (χ3n) is 23.5. The number of hydrogen-bond acceptors (Lipinski definition) is 9. The van der Waals surface area contributed by atoms with Gasteiger partial charge in [-0.1, -0.05) is 255 Å². The monoisotopic (exact) mass is 1630 g/mol. The molecular formula is C112H72N4S5. The second kappa shape index (κ2) is 30.6. The zero-order valence-electron chi connectivity index (χ0n) is 65.4. The average molecular weight is 1630 g/mol. The zero-order chi connectivity index (χ0) is 79.9. The third kappa shape index (κ3) is 13.1. The maximum absolute atomic E-state index is 2.43. The molecule has 24 rings (SSSR count). The average Bonchev–Trinajstić information content (AvgIpc) is 1.63. The molecular weight excluding hydrogens is 1560 g/mol. The topological polar surface area (TPSA) is 13.0 Å². The van der Waals surface area contributed by atoms with E-state index in [-0.39, 0.29) is 0 Å². The van der Waals surface area contributed by atoms with Gasteiger partial charge in [0.25, 0.3) is 0 Å². The number of nitrogens with zero attached hydrogens (tertiary/aromatic N) is 4. The molecule has 0 N–H and O–H groups in total. The summed E-state index contributed by atoms with van der Waals surface area (Å²) in [6.45, 7) is 0. The van der Waals surface area contributed by atoms with Crippen molar-refractivity contribution in [2.24, 2.45) is 0 Å². The number of benzene rings is 19. The molecule has 121 heavy (non-hydrogen) atoms. The predicted octanol–water partition coefficient (Wildman–Crippen LogP) is 35.2. The Morgan fingerprint density at radius 3 is 0.785 bits per heavy atom. The van der Waals surface area contributed by atoms with Crippen molar-refractivity contribution in [1.82, 2.24) is 0 Å². The molecule has 19 aromatic carbocycles. The summed E-state index contributed by atoms with van der Waals surface area (Å²) < 4.78 is 13.0. The van der Waals surface area contributed by atoms with Crippen LogP contribution in [0.25, 0.3) is 145 Å². The van der Waals surface area contributed by atoms with Crippen LogP contribution in [-0.2, 0) is 0 Å². The van der Waals surface area contributed by atoms with Crippen LogP contribution in [0.1, 0.15) is 0 Å².